The van der Waals surface area contributed by atoms with E-state index in [4.69, 9.17) is 0 Å². The highest BCUT2D eigenvalue weighted by Gasteiger charge is 2.27. The van der Waals surface area contributed by atoms with Crippen LogP contribution in [0.1, 0.15) is 12.5 Å². The molecule has 0 aliphatic carbocycles. The summed E-state index contributed by atoms with van der Waals surface area (Å²) < 4.78 is 0. The van der Waals surface area contributed by atoms with E-state index in [2.05, 4.69) is 48.3 Å². The molecule has 0 radical (unpaired) electrons. The summed E-state index contributed by atoms with van der Waals surface area (Å²) in [5.74, 6) is 0. The van der Waals surface area contributed by atoms with Crippen LogP contribution in [0.15, 0.2) is 24.3 Å². The lowest BCUT2D eigenvalue weighted by Crippen LogP contribution is -2.58. The number of benzene rings is 1. The fraction of sp³-hybridized carbons (Fsp3) is 0.538. The van der Waals surface area contributed by atoms with Gasteiger partial charge in [-0.05, 0) is 25.5 Å². The molecule has 1 aliphatic rings. The summed E-state index contributed by atoms with van der Waals surface area (Å²) in [5.41, 5.74) is 2.52. The highest BCUT2D eigenvalue weighted by atomic mass is 16.3. The van der Waals surface area contributed by atoms with E-state index >= 15 is 0 Å². The normalized spacial score (nSPS) is 25.8. The Morgan fingerprint density at radius 3 is 2.81 bits per heavy atom. The highest BCUT2D eigenvalue weighted by molar-refractivity contribution is 5.55. The number of piperazine rings is 1. The van der Waals surface area contributed by atoms with Gasteiger partial charge in [-0.2, -0.15) is 0 Å². The molecule has 3 nitrogen and oxygen atoms in total. The Morgan fingerprint density at radius 1 is 1.38 bits per heavy atom. The Balaban J connectivity index is 2.32. The maximum absolute atomic E-state index is 9.45. The largest absolute Gasteiger partial charge is 0.394 e. The first kappa shape index (κ1) is 11.4. The van der Waals surface area contributed by atoms with Gasteiger partial charge in [0.15, 0.2) is 0 Å². The van der Waals surface area contributed by atoms with Gasteiger partial charge in [-0.3, -0.25) is 0 Å². The molecule has 1 saturated heterocycles. The van der Waals surface area contributed by atoms with Crippen molar-refractivity contribution in [1.29, 1.82) is 0 Å². The minimum atomic E-state index is 0.185. The van der Waals surface area contributed by atoms with E-state index in [0.717, 1.165) is 13.1 Å². The lowest BCUT2D eigenvalue weighted by Gasteiger charge is -2.42. The van der Waals surface area contributed by atoms with Gasteiger partial charge in [0.1, 0.15) is 0 Å². The van der Waals surface area contributed by atoms with Crippen molar-refractivity contribution in [2.75, 3.05) is 24.6 Å². The minimum absolute atomic E-state index is 0.185. The van der Waals surface area contributed by atoms with Gasteiger partial charge in [0.25, 0.3) is 0 Å². The molecule has 0 amide bonds. The van der Waals surface area contributed by atoms with Gasteiger partial charge >= 0.3 is 0 Å². The fourth-order valence-electron chi connectivity index (χ4n) is 2.46. The van der Waals surface area contributed by atoms with Crippen molar-refractivity contribution in [1.82, 2.24) is 5.32 Å². The predicted molar refractivity (Wildman–Crippen MR) is 66.9 cm³/mol. The number of para-hydroxylation sites is 1. The van der Waals surface area contributed by atoms with Crippen LogP contribution in [-0.4, -0.2) is 36.9 Å². The van der Waals surface area contributed by atoms with Gasteiger partial charge in [0, 0.05) is 24.8 Å². The second-order valence-electron chi connectivity index (χ2n) is 4.54. The van der Waals surface area contributed by atoms with Crippen molar-refractivity contribution in [2.24, 2.45) is 0 Å². The predicted octanol–water partition coefficient (Wildman–Crippen LogP) is 1.15. The summed E-state index contributed by atoms with van der Waals surface area (Å²) in [6.07, 6.45) is 0. The van der Waals surface area contributed by atoms with Gasteiger partial charge in [-0.25, -0.2) is 0 Å². The number of rotatable bonds is 2. The zero-order valence-corrected chi connectivity index (χ0v) is 9.98. The number of aliphatic hydroxyl groups is 1. The number of anilines is 1. The van der Waals surface area contributed by atoms with Crippen LogP contribution in [0.25, 0.3) is 0 Å². The molecule has 2 rings (SSSR count). The average Bonchev–Trinajstić information content (AvgIpc) is 2.30. The number of nitrogens with zero attached hydrogens (tertiary/aromatic N) is 1. The van der Waals surface area contributed by atoms with Crippen LogP contribution in [0.2, 0.25) is 0 Å². The Labute approximate surface area is 97.1 Å². The molecule has 1 aromatic carbocycles. The van der Waals surface area contributed by atoms with Crippen LogP contribution < -0.4 is 10.2 Å². The van der Waals surface area contributed by atoms with Crippen LogP contribution in [-0.2, 0) is 0 Å². The molecule has 1 aliphatic heterocycles. The van der Waals surface area contributed by atoms with E-state index in [1.165, 1.54) is 11.3 Å². The van der Waals surface area contributed by atoms with Crippen LogP contribution in [0.4, 0.5) is 5.69 Å². The van der Waals surface area contributed by atoms with Crippen LogP contribution >= 0.6 is 0 Å². The third kappa shape index (κ3) is 2.06. The molecule has 2 N–H and O–H groups in total. The zero-order chi connectivity index (χ0) is 11.5. The topological polar surface area (TPSA) is 35.5 Å². The monoisotopic (exact) mass is 220 g/mol. The van der Waals surface area contributed by atoms with E-state index in [-0.39, 0.29) is 12.6 Å². The van der Waals surface area contributed by atoms with Gasteiger partial charge in [-0.15, -0.1) is 0 Å². The maximum atomic E-state index is 9.45. The molecular formula is C13H20N2O. The molecule has 1 aromatic rings. The number of hydrogen-bond acceptors (Lipinski definition) is 3. The van der Waals surface area contributed by atoms with Crippen molar-refractivity contribution in [3.63, 3.8) is 0 Å². The van der Waals surface area contributed by atoms with Crippen molar-refractivity contribution >= 4 is 5.69 Å². The highest BCUT2D eigenvalue weighted by Crippen LogP contribution is 2.25. The van der Waals surface area contributed by atoms with Gasteiger partial charge < -0.3 is 15.3 Å². The SMILES string of the molecule is Cc1ccccc1N1C(C)CNCC1CO. The summed E-state index contributed by atoms with van der Waals surface area (Å²) in [7, 11) is 0. The maximum Gasteiger partial charge on any atom is 0.0649 e. The van der Waals surface area contributed by atoms with Crippen molar-refractivity contribution in [2.45, 2.75) is 25.9 Å². The van der Waals surface area contributed by atoms with E-state index in [9.17, 15) is 5.11 Å². The summed E-state index contributed by atoms with van der Waals surface area (Å²) in [5, 5.41) is 12.8. The quantitative estimate of drug-likeness (QED) is 0.785. The molecule has 0 saturated carbocycles. The van der Waals surface area contributed by atoms with Gasteiger partial charge in [0.05, 0.1) is 12.6 Å². The molecule has 1 fully saturated rings. The van der Waals surface area contributed by atoms with E-state index in [1.54, 1.807) is 0 Å². The second-order valence-corrected chi connectivity index (χ2v) is 4.54. The number of aryl methyl sites for hydroxylation is 1. The van der Waals surface area contributed by atoms with Crippen molar-refractivity contribution in [3.8, 4) is 0 Å². The number of aliphatic hydroxyl groups excluding tert-OH is 1. The molecule has 88 valence electrons. The molecule has 0 bridgehead atoms. The van der Waals surface area contributed by atoms with Crippen LogP contribution in [0.3, 0.4) is 0 Å². The zero-order valence-electron chi connectivity index (χ0n) is 9.98. The molecule has 0 spiro atoms. The van der Waals surface area contributed by atoms with Crippen LogP contribution in [0.5, 0.6) is 0 Å². The molecule has 2 unspecified atom stereocenters. The van der Waals surface area contributed by atoms with E-state index in [0.29, 0.717) is 6.04 Å². The molecular weight excluding hydrogens is 200 g/mol. The third-order valence-corrected chi connectivity index (χ3v) is 3.29. The van der Waals surface area contributed by atoms with E-state index < -0.39 is 0 Å². The van der Waals surface area contributed by atoms with Crippen LogP contribution in [0, 0.1) is 6.92 Å². The standard InChI is InChI=1S/C13H20N2O/c1-10-5-3-4-6-13(10)15-11(2)7-14-8-12(15)9-16/h3-6,11-12,14,16H,7-9H2,1-2H3. The number of nitrogens with one attached hydrogen (secondary N) is 1. The Kier molecular flexibility index (Phi) is 3.46. The van der Waals surface area contributed by atoms with Gasteiger partial charge in [-0.1, -0.05) is 18.2 Å². The lowest BCUT2D eigenvalue weighted by atomic mass is 10.1. The summed E-state index contributed by atoms with van der Waals surface area (Å²) in [4.78, 5) is 2.34. The first-order valence-electron chi connectivity index (χ1n) is 5.89. The molecule has 2 atom stereocenters. The second kappa shape index (κ2) is 4.85. The minimum Gasteiger partial charge on any atom is -0.394 e. The molecule has 16 heavy (non-hydrogen) atoms. The third-order valence-electron chi connectivity index (χ3n) is 3.29. The Bertz CT molecular complexity index is 354. The smallest absolute Gasteiger partial charge is 0.0649 e. The molecule has 0 aromatic heterocycles. The number of hydrogen-bond donors (Lipinski definition) is 2. The summed E-state index contributed by atoms with van der Waals surface area (Å²) in [6, 6.07) is 8.99. The molecule has 1 heterocycles. The molecule has 3 heteroatoms. The lowest BCUT2D eigenvalue weighted by molar-refractivity contribution is 0.235. The Morgan fingerprint density at radius 2 is 2.12 bits per heavy atom. The Hall–Kier alpha value is -1.06. The first-order valence-corrected chi connectivity index (χ1v) is 5.89. The average molecular weight is 220 g/mol. The van der Waals surface area contributed by atoms with Crippen molar-refractivity contribution in [3.05, 3.63) is 29.8 Å². The summed E-state index contributed by atoms with van der Waals surface area (Å²) >= 11 is 0. The van der Waals surface area contributed by atoms with Crippen molar-refractivity contribution < 1.29 is 5.11 Å². The van der Waals surface area contributed by atoms with Gasteiger partial charge in [0.2, 0.25) is 0 Å². The first-order chi connectivity index (χ1) is 7.74. The fourth-order valence-corrected chi connectivity index (χ4v) is 2.46. The van der Waals surface area contributed by atoms with E-state index in [1.807, 2.05) is 0 Å². The summed E-state index contributed by atoms with van der Waals surface area (Å²) in [6.45, 7) is 6.35.